The molecule has 2 saturated carbocycles. The van der Waals surface area contributed by atoms with Crippen molar-refractivity contribution in [3.8, 4) is 0 Å². The van der Waals surface area contributed by atoms with Gasteiger partial charge in [0.2, 0.25) is 0 Å². The highest BCUT2D eigenvalue weighted by atomic mass is 14.9. The highest BCUT2D eigenvalue weighted by molar-refractivity contribution is 5.14. The standard InChI is InChI=1S/C15H25N3/c1-2-4-12(5-3-1)9-16-7-6-13-8-14(13)15-10-17-11-18-15/h10-14,16H,1-9H2,(H,17,18)/t13-,14+/m1/s1. The zero-order valence-electron chi connectivity index (χ0n) is 11.2. The Morgan fingerprint density at radius 2 is 2.17 bits per heavy atom. The Morgan fingerprint density at radius 1 is 1.28 bits per heavy atom. The number of hydrogen-bond acceptors (Lipinski definition) is 2. The van der Waals surface area contributed by atoms with Gasteiger partial charge in [-0.2, -0.15) is 0 Å². The molecule has 3 nitrogen and oxygen atoms in total. The molecule has 0 aromatic carbocycles. The second-order valence-corrected chi connectivity index (χ2v) is 6.11. The highest BCUT2D eigenvalue weighted by Gasteiger charge is 2.38. The van der Waals surface area contributed by atoms with E-state index in [0.717, 1.165) is 17.8 Å². The largest absolute Gasteiger partial charge is 0.348 e. The van der Waals surface area contributed by atoms with Crippen LogP contribution in [0.3, 0.4) is 0 Å². The number of nitrogens with zero attached hydrogens (tertiary/aromatic N) is 1. The SMILES string of the molecule is c1ncc([C@H]2C[C@H]2CCNCC2CCCCC2)[nH]1. The van der Waals surface area contributed by atoms with Gasteiger partial charge in [-0.3, -0.25) is 0 Å². The Morgan fingerprint density at radius 3 is 2.94 bits per heavy atom. The van der Waals surface area contributed by atoms with Crippen LogP contribution in [0.25, 0.3) is 0 Å². The molecule has 0 bridgehead atoms. The average Bonchev–Trinajstić information content (AvgIpc) is 2.98. The first-order valence-corrected chi connectivity index (χ1v) is 7.62. The molecule has 2 aliphatic carbocycles. The minimum Gasteiger partial charge on any atom is -0.348 e. The van der Waals surface area contributed by atoms with E-state index in [0.29, 0.717) is 0 Å². The van der Waals surface area contributed by atoms with E-state index >= 15 is 0 Å². The molecule has 2 atom stereocenters. The zero-order valence-corrected chi connectivity index (χ0v) is 11.2. The quantitative estimate of drug-likeness (QED) is 0.758. The number of imidazole rings is 1. The van der Waals surface area contributed by atoms with E-state index in [-0.39, 0.29) is 0 Å². The molecule has 3 heteroatoms. The maximum absolute atomic E-state index is 4.10. The molecule has 3 rings (SSSR count). The van der Waals surface area contributed by atoms with E-state index in [2.05, 4.69) is 15.3 Å². The van der Waals surface area contributed by atoms with Gasteiger partial charge >= 0.3 is 0 Å². The lowest BCUT2D eigenvalue weighted by Gasteiger charge is -2.21. The second-order valence-electron chi connectivity index (χ2n) is 6.11. The summed E-state index contributed by atoms with van der Waals surface area (Å²) in [4.78, 5) is 7.34. The van der Waals surface area contributed by atoms with Crippen molar-refractivity contribution < 1.29 is 0 Å². The van der Waals surface area contributed by atoms with Gasteiger partial charge in [0, 0.05) is 17.8 Å². The lowest BCUT2D eigenvalue weighted by Crippen LogP contribution is -2.25. The smallest absolute Gasteiger partial charge is 0.0921 e. The lowest BCUT2D eigenvalue weighted by atomic mass is 9.89. The zero-order chi connectivity index (χ0) is 12.2. The van der Waals surface area contributed by atoms with Crippen molar-refractivity contribution in [1.29, 1.82) is 0 Å². The first-order valence-electron chi connectivity index (χ1n) is 7.62. The van der Waals surface area contributed by atoms with E-state index in [9.17, 15) is 0 Å². The molecule has 1 heterocycles. The van der Waals surface area contributed by atoms with Crippen molar-refractivity contribution in [3.63, 3.8) is 0 Å². The predicted molar refractivity (Wildman–Crippen MR) is 73.5 cm³/mol. The van der Waals surface area contributed by atoms with Crippen molar-refractivity contribution in [1.82, 2.24) is 15.3 Å². The number of aromatic nitrogens is 2. The van der Waals surface area contributed by atoms with Crippen molar-refractivity contribution in [2.24, 2.45) is 11.8 Å². The van der Waals surface area contributed by atoms with Crippen LogP contribution in [0.5, 0.6) is 0 Å². The summed E-state index contributed by atoms with van der Waals surface area (Å²) in [5.74, 6) is 2.62. The van der Waals surface area contributed by atoms with Crippen molar-refractivity contribution in [2.75, 3.05) is 13.1 Å². The number of H-pyrrole nitrogens is 1. The van der Waals surface area contributed by atoms with Gasteiger partial charge in [0.25, 0.3) is 0 Å². The van der Waals surface area contributed by atoms with Crippen LogP contribution >= 0.6 is 0 Å². The number of hydrogen-bond donors (Lipinski definition) is 2. The molecule has 100 valence electrons. The third kappa shape index (κ3) is 3.14. The number of nitrogens with one attached hydrogen (secondary N) is 2. The third-order valence-corrected chi connectivity index (χ3v) is 4.69. The van der Waals surface area contributed by atoms with Crippen molar-refractivity contribution >= 4 is 0 Å². The first kappa shape index (κ1) is 12.2. The van der Waals surface area contributed by atoms with Gasteiger partial charge in [0.05, 0.1) is 6.33 Å². The molecule has 0 amide bonds. The predicted octanol–water partition coefficient (Wildman–Crippen LogP) is 3.07. The monoisotopic (exact) mass is 247 g/mol. The molecule has 0 spiro atoms. The summed E-state index contributed by atoms with van der Waals surface area (Å²) in [7, 11) is 0. The average molecular weight is 247 g/mol. The van der Waals surface area contributed by atoms with Gasteiger partial charge in [-0.1, -0.05) is 19.3 Å². The Hall–Kier alpha value is -0.830. The van der Waals surface area contributed by atoms with Crippen LogP contribution in [-0.4, -0.2) is 23.1 Å². The minimum absolute atomic E-state index is 0.768. The fourth-order valence-electron chi connectivity index (χ4n) is 3.40. The molecule has 2 aliphatic rings. The van der Waals surface area contributed by atoms with Crippen LogP contribution < -0.4 is 5.32 Å². The van der Waals surface area contributed by atoms with Crippen molar-refractivity contribution in [2.45, 2.75) is 50.9 Å². The molecule has 18 heavy (non-hydrogen) atoms. The van der Waals surface area contributed by atoms with Crippen LogP contribution in [0.1, 0.15) is 56.6 Å². The van der Waals surface area contributed by atoms with Gasteiger partial charge in [-0.15, -0.1) is 0 Å². The Kier molecular flexibility index (Phi) is 3.99. The molecular formula is C15H25N3. The lowest BCUT2D eigenvalue weighted by molar-refractivity contribution is 0.341. The van der Waals surface area contributed by atoms with E-state index in [1.54, 1.807) is 6.33 Å². The van der Waals surface area contributed by atoms with Crippen LogP contribution in [0, 0.1) is 11.8 Å². The van der Waals surface area contributed by atoms with Gasteiger partial charge in [0.1, 0.15) is 0 Å². The van der Waals surface area contributed by atoms with Gasteiger partial charge < -0.3 is 10.3 Å². The second kappa shape index (κ2) is 5.87. The normalized spacial score (nSPS) is 28.4. The Bertz CT molecular complexity index is 341. The van der Waals surface area contributed by atoms with E-state index in [4.69, 9.17) is 0 Å². The maximum atomic E-state index is 4.10. The van der Waals surface area contributed by atoms with Crippen molar-refractivity contribution in [3.05, 3.63) is 18.2 Å². The number of rotatable bonds is 6. The van der Waals surface area contributed by atoms with E-state index < -0.39 is 0 Å². The number of aromatic amines is 1. The third-order valence-electron chi connectivity index (χ3n) is 4.69. The molecule has 0 unspecified atom stereocenters. The molecule has 2 fully saturated rings. The van der Waals surface area contributed by atoms with Gasteiger partial charge in [-0.25, -0.2) is 4.98 Å². The molecular weight excluding hydrogens is 222 g/mol. The Labute approximate surface area is 110 Å². The fourth-order valence-corrected chi connectivity index (χ4v) is 3.40. The molecule has 0 aliphatic heterocycles. The molecule has 1 aromatic heterocycles. The maximum Gasteiger partial charge on any atom is 0.0921 e. The van der Waals surface area contributed by atoms with Gasteiger partial charge in [0.15, 0.2) is 0 Å². The molecule has 2 N–H and O–H groups in total. The molecule has 0 radical (unpaired) electrons. The van der Waals surface area contributed by atoms with E-state index in [1.165, 1.54) is 63.7 Å². The minimum atomic E-state index is 0.768. The molecule has 0 saturated heterocycles. The van der Waals surface area contributed by atoms with E-state index in [1.807, 2.05) is 6.20 Å². The topological polar surface area (TPSA) is 40.7 Å². The fraction of sp³-hybridized carbons (Fsp3) is 0.800. The highest BCUT2D eigenvalue weighted by Crippen LogP contribution is 2.48. The first-order chi connectivity index (χ1) is 8.93. The van der Waals surface area contributed by atoms with Crippen LogP contribution in [0.4, 0.5) is 0 Å². The van der Waals surface area contributed by atoms with Gasteiger partial charge in [-0.05, 0) is 50.6 Å². The van der Waals surface area contributed by atoms with Crippen LogP contribution in [0.15, 0.2) is 12.5 Å². The summed E-state index contributed by atoms with van der Waals surface area (Å²) < 4.78 is 0. The summed E-state index contributed by atoms with van der Waals surface area (Å²) in [6.45, 7) is 2.45. The summed E-state index contributed by atoms with van der Waals surface area (Å²) in [6, 6.07) is 0. The molecule has 1 aromatic rings. The van der Waals surface area contributed by atoms with Crippen LogP contribution in [0.2, 0.25) is 0 Å². The summed E-state index contributed by atoms with van der Waals surface area (Å²) in [5.41, 5.74) is 1.34. The summed E-state index contributed by atoms with van der Waals surface area (Å²) in [5, 5.41) is 3.67. The Balaban J connectivity index is 1.27. The summed E-state index contributed by atoms with van der Waals surface area (Å²) in [6.07, 6.45) is 13.7. The van der Waals surface area contributed by atoms with Crippen LogP contribution in [-0.2, 0) is 0 Å². The summed E-state index contributed by atoms with van der Waals surface area (Å²) >= 11 is 0.